The topological polar surface area (TPSA) is 107 Å². The molecule has 1 N–H and O–H groups in total. The number of ether oxygens (including phenoxy) is 1. The molecule has 0 saturated carbocycles. The average Bonchev–Trinajstić information content (AvgIpc) is 3.32. The van der Waals surface area contributed by atoms with Crippen LogP contribution < -0.4 is 5.32 Å². The van der Waals surface area contributed by atoms with E-state index in [9.17, 15) is 26.8 Å². The highest BCUT2D eigenvalue weighted by Gasteiger charge is 2.26. The van der Waals surface area contributed by atoms with E-state index in [2.05, 4.69) is 10.4 Å². The van der Waals surface area contributed by atoms with Crippen LogP contribution in [0.2, 0.25) is 0 Å². The summed E-state index contributed by atoms with van der Waals surface area (Å²) in [6, 6.07) is 24.0. The number of amides is 1. The first-order chi connectivity index (χ1) is 17.3. The van der Waals surface area contributed by atoms with Crippen molar-refractivity contribution in [3.63, 3.8) is 0 Å². The monoisotopic (exact) mass is 511 g/mol. The molecule has 0 unspecified atom stereocenters. The van der Waals surface area contributed by atoms with Gasteiger partial charge in [-0.1, -0.05) is 48.5 Å². The lowest BCUT2D eigenvalue weighted by Crippen LogP contribution is -2.22. The maximum Gasteiger partial charge on any atom is 0.341 e. The first kappa shape index (κ1) is 24.7. The summed E-state index contributed by atoms with van der Waals surface area (Å²) in [5, 5.41) is 7.25. The van der Waals surface area contributed by atoms with Gasteiger partial charge in [-0.25, -0.2) is 17.9 Å². The number of hydrogen-bond acceptors (Lipinski definition) is 6. The van der Waals surface area contributed by atoms with Crippen molar-refractivity contribution in [3.8, 4) is 16.9 Å². The molecule has 4 rings (SSSR count). The number of nitrogens with zero attached hydrogens (tertiary/aromatic N) is 2. The van der Waals surface area contributed by atoms with Crippen LogP contribution in [0.15, 0.2) is 95.9 Å². The second-order valence-electron chi connectivity index (χ2n) is 7.48. The van der Waals surface area contributed by atoms with Crippen LogP contribution in [-0.2, 0) is 19.4 Å². The number of benzene rings is 3. The first-order valence-corrected chi connectivity index (χ1v) is 12.1. The molecule has 0 spiro atoms. The number of esters is 1. The van der Waals surface area contributed by atoms with Gasteiger partial charge in [0.2, 0.25) is 9.84 Å². The zero-order valence-corrected chi connectivity index (χ0v) is 19.4. The van der Waals surface area contributed by atoms with Crippen molar-refractivity contribution in [2.45, 2.75) is 10.7 Å². The van der Waals surface area contributed by atoms with E-state index in [0.717, 1.165) is 29.8 Å². The summed E-state index contributed by atoms with van der Waals surface area (Å²) < 4.78 is 54.8. The number of aromatic nitrogens is 2. The van der Waals surface area contributed by atoms with Crippen LogP contribution in [-0.4, -0.2) is 42.4 Å². The molecular weight excluding hydrogens is 492 g/mol. The number of hydrogen-bond donors (Lipinski definition) is 1. The van der Waals surface area contributed by atoms with Gasteiger partial charge < -0.3 is 10.1 Å². The molecule has 0 bridgehead atoms. The molecule has 0 atom stereocenters. The lowest BCUT2D eigenvalue weighted by molar-refractivity contribution is -0.119. The molecule has 1 heterocycles. The van der Waals surface area contributed by atoms with Gasteiger partial charge in [-0.3, -0.25) is 4.79 Å². The number of sulfone groups is 1. The molecule has 1 amide bonds. The van der Waals surface area contributed by atoms with Crippen molar-refractivity contribution in [2.24, 2.45) is 0 Å². The molecule has 36 heavy (non-hydrogen) atoms. The van der Waals surface area contributed by atoms with Crippen LogP contribution in [0.1, 0.15) is 10.4 Å². The van der Waals surface area contributed by atoms with E-state index in [1.807, 2.05) is 60.7 Å². The van der Waals surface area contributed by atoms with Crippen molar-refractivity contribution < 1.29 is 31.5 Å². The first-order valence-electron chi connectivity index (χ1n) is 10.6. The third-order valence-corrected chi connectivity index (χ3v) is 6.43. The van der Waals surface area contributed by atoms with Crippen LogP contribution in [0, 0.1) is 0 Å². The van der Waals surface area contributed by atoms with Crippen LogP contribution in [0.3, 0.4) is 0 Å². The lowest BCUT2D eigenvalue weighted by Gasteiger charge is -2.09. The molecule has 0 radical (unpaired) electrons. The summed E-state index contributed by atoms with van der Waals surface area (Å²) >= 11 is 0. The molecular formula is C25H19F2N3O5S. The van der Waals surface area contributed by atoms with Crippen LogP contribution in [0.25, 0.3) is 16.9 Å². The molecule has 1 aromatic heterocycles. The third-order valence-electron chi connectivity index (χ3n) is 5.03. The highest BCUT2D eigenvalue weighted by Crippen LogP contribution is 2.25. The molecule has 0 fully saturated rings. The Hall–Kier alpha value is -4.38. The molecule has 184 valence electrons. The van der Waals surface area contributed by atoms with Crippen LogP contribution in [0.5, 0.6) is 0 Å². The Balaban J connectivity index is 1.46. The molecule has 8 nitrogen and oxygen atoms in total. The number of carbonyl (C=O) groups is 2. The van der Waals surface area contributed by atoms with Gasteiger partial charge in [0.15, 0.2) is 6.61 Å². The van der Waals surface area contributed by atoms with Gasteiger partial charge in [-0.15, -0.1) is 0 Å². The Morgan fingerprint density at radius 2 is 1.53 bits per heavy atom. The largest absolute Gasteiger partial charge is 0.452 e. The van der Waals surface area contributed by atoms with E-state index >= 15 is 0 Å². The molecule has 0 aliphatic carbocycles. The van der Waals surface area contributed by atoms with Crippen molar-refractivity contribution in [3.05, 3.63) is 96.6 Å². The highest BCUT2D eigenvalue weighted by molar-refractivity contribution is 7.91. The number of nitrogens with one attached hydrogen (secondary N) is 1. The van der Waals surface area contributed by atoms with Crippen molar-refractivity contribution in [2.75, 3.05) is 11.9 Å². The quantitative estimate of drug-likeness (QED) is 0.353. The Morgan fingerprint density at radius 3 is 2.14 bits per heavy atom. The SMILES string of the molecule is O=C(COC(=O)c1ccc(S(=O)(=O)C(F)F)cc1)Nc1cc(-c2ccccc2)nn1-c1ccccc1. The summed E-state index contributed by atoms with van der Waals surface area (Å²) in [6.45, 7) is -0.642. The fourth-order valence-electron chi connectivity index (χ4n) is 3.26. The summed E-state index contributed by atoms with van der Waals surface area (Å²) in [7, 11) is -4.78. The number of anilines is 1. The fourth-order valence-corrected chi connectivity index (χ4v) is 3.98. The normalized spacial score (nSPS) is 11.3. The molecule has 3 aromatic carbocycles. The molecule has 0 aliphatic rings. The second kappa shape index (κ2) is 10.5. The number of halogens is 2. The van der Waals surface area contributed by atoms with E-state index in [-0.39, 0.29) is 5.56 Å². The summed E-state index contributed by atoms with van der Waals surface area (Å²) in [5.74, 6) is -4.79. The van der Waals surface area contributed by atoms with E-state index in [4.69, 9.17) is 4.74 Å². The van der Waals surface area contributed by atoms with Gasteiger partial charge in [0.1, 0.15) is 5.82 Å². The van der Waals surface area contributed by atoms with Gasteiger partial charge in [0.25, 0.3) is 5.91 Å². The Morgan fingerprint density at radius 1 is 0.917 bits per heavy atom. The Bertz CT molecular complexity index is 1470. The van der Waals surface area contributed by atoms with Gasteiger partial charge >= 0.3 is 11.7 Å². The van der Waals surface area contributed by atoms with E-state index in [1.54, 1.807) is 10.7 Å². The highest BCUT2D eigenvalue weighted by atomic mass is 32.2. The van der Waals surface area contributed by atoms with Crippen LogP contribution in [0.4, 0.5) is 14.6 Å². The maximum atomic E-state index is 12.7. The van der Waals surface area contributed by atoms with Gasteiger partial charge in [-0.2, -0.15) is 13.9 Å². The van der Waals surface area contributed by atoms with Gasteiger partial charge in [0, 0.05) is 11.6 Å². The lowest BCUT2D eigenvalue weighted by atomic mass is 10.2. The zero-order valence-electron chi connectivity index (χ0n) is 18.5. The van der Waals surface area contributed by atoms with E-state index in [1.165, 1.54) is 0 Å². The molecule has 0 aliphatic heterocycles. The predicted molar refractivity (Wildman–Crippen MR) is 128 cm³/mol. The second-order valence-corrected chi connectivity index (χ2v) is 9.40. The summed E-state index contributed by atoms with van der Waals surface area (Å²) in [4.78, 5) is 24.2. The van der Waals surface area contributed by atoms with E-state index < -0.39 is 39.0 Å². The summed E-state index contributed by atoms with van der Waals surface area (Å²) in [5.41, 5.74) is 2.06. The van der Waals surface area contributed by atoms with Crippen LogP contribution >= 0.6 is 0 Å². The zero-order chi connectivity index (χ0) is 25.7. The maximum absolute atomic E-state index is 12.7. The van der Waals surface area contributed by atoms with Crippen molar-refractivity contribution >= 4 is 27.5 Å². The number of para-hydroxylation sites is 1. The standard InChI is InChI=1S/C25H19F2N3O5S/c26-25(27)36(33,34)20-13-11-18(12-14-20)24(32)35-16-23(31)28-22-15-21(17-7-3-1-4-8-17)29-30(22)19-9-5-2-6-10-19/h1-15,25H,16H2,(H,28,31). The minimum absolute atomic E-state index is 0.100. The molecule has 4 aromatic rings. The van der Waals surface area contributed by atoms with Crippen molar-refractivity contribution in [1.29, 1.82) is 0 Å². The van der Waals surface area contributed by atoms with Crippen molar-refractivity contribution in [1.82, 2.24) is 9.78 Å². The summed E-state index contributed by atoms with van der Waals surface area (Å²) in [6.07, 6.45) is 0. The minimum atomic E-state index is -4.78. The molecule has 0 saturated heterocycles. The number of alkyl halides is 2. The Labute approximate surface area is 205 Å². The average molecular weight is 512 g/mol. The number of rotatable bonds is 8. The third kappa shape index (κ3) is 5.47. The molecule has 11 heteroatoms. The fraction of sp³-hybridized carbons (Fsp3) is 0.0800. The smallest absolute Gasteiger partial charge is 0.341 e. The van der Waals surface area contributed by atoms with Gasteiger partial charge in [-0.05, 0) is 36.4 Å². The Kier molecular flexibility index (Phi) is 7.20. The predicted octanol–water partition coefficient (Wildman–Crippen LogP) is 4.33. The minimum Gasteiger partial charge on any atom is -0.452 e. The van der Waals surface area contributed by atoms with Gasteiger partial charge in [0.05, 0.1) is 21.8 Å². The number of carbonyl (C=O) groups excluding carboxylic acids is 2. The van der Waals surface area contributed by atoms with E-state index in [0.29, 0.717) is 17.2 Å².